The van der Waals surface area contributed by atoms with Gasteiger partial charge in [-0.1, -0.05) is 6.07 Å². The number of piperidine rings is 1. The van der Waals surface area contributed by atoms with Crippen molar-refractivity contribution in [2.75, 3.05) is 27.2 Å². The summed E-state index contributed by atoms with van der Waals surface area (Å²) in [5.74, 6) is -0.565. The molecule has 1 N–H and O–H groups in total. The standard InChI is InChI=1S/C15H20F2N2O3/c1-19-8-4-5-10(9-19)18-14(20)11-6-3-7-12(21-2)13(11)22-15(16)17/h3,6-7,10,15H,4-5,8-9H2,1-2H3,(H,18,20)/t10-/m0/s1. The Labute approximate surface area is 128 Å². The Bertz CT molecular complexity index is 526. The minimum absolute atomic E-state index is 0.00292. The third-order valence-electron chi connectivity index (χ3n) is 3.61. The molecular formula is C15H20F2N2O3. The lowest BCUT2D eigenvalue weighted by Crippen LogP contribution is -2.46. The minimum Gasteiger partial charge on any atom is -0.493 e. The van der Waals surface area contributed by atoms with E-state index in [2.05, 4.69) is 15.0 Å². The minimum atomic E-state index is -3.02. The SMILES string of the molecule is COc1cccc(C(=O)N[C@H]2CCCN(C)C2)c1OC(F)F. The molecule has 5 nitrogen and oxygen atoms in total. The molecule has 1 atom stereocenters. The van der Waals surface area contributed by atoms with E-state index in [1.165, 1.54) is 19.2 Å². The molecule has 0 unspecified atom stereocenters. The number of benzene rings is 1. The molecule has 0 aromatic heterocycles. The van der Waals surface area contributed by atoms with Gasteiger partial charge >= 0.3 is 6.61 Å². The molecule has 2 rings (SSSR count). The Hall–Kier alpha value is -1.89. The van der Waals surface area contributed by atoms with E-state index in [-0.39, 0.29) is 23.1 Å². The van der Waals surface area contributed by atoms with E-state index < -0.39 is 12.5 Å². The zero-order valence-electron chi connectivity index (χ0n) is 12.6. The van der Waals surface area contributed by atoms with Crippen molar-refractivity contribution in [1.29, 1.82) is 0 Å². The van der Waals surface area contributed by atoms with Crippen LogP contribution in [-0.4, -0.2) is 50.7 Å². The van der Waals surface area contributed by atoms with E-state index in [9.17, 15) is 13.6 Å². The number of ether oxygens (including phenoxy) is 2. The van der Waals surface area contributed by atoms with Crippen LogP contribution in [0.5, 0.6) is 11.5 Å². The van der Waals surface area contributed by atoms with Crippen LogP contribution >= 0.6 is 0 Å². The first kappa shape index (κ1) is 16.5. The van der Waals surface area contributed by atoms with Crippen molar-refractivity contribution < 1.29 is 23.0 Å². The van der Waals surface area contributed by atoms with Crippen LogP contribution in [0.25, 0.3) is 0 Å². The number of rotatable bonds is 5. The summed E-state index contributed by atoms with van der Waals surface area (Å²) >= 11 is 0. The molecule has 1 amide bonds. The van der Waals surface area contributed by atoms with Gasteiger partial charge in [-0.15, -0.1) is 0 Å². The summed E-state index contributed by atoms with van der Waals surface area (Å²) in [5, 5.41) is 2.87. The summed E-state index contributed by atoms with van der Waals surface area (Å²) in [6.07, 6.45) is 1.85. The lowest BCUT2D eigenvalue weighted by molar-refractivity contribution is -0.0515. The summed E-state index contributed by atoms with van der Waals surface area (Å²) in [6, 6.07) is 4.49. The normalized spacial score (nSPS) is 19.0. The van der Waals surface area contributed by atoms with Gasteiger partial charge < -0.3 is 19.7 Å². The van der Waals surface area contributed by atoms with Crippen molar-refractivity contribution in [1.82, 2.24) is 10.2 Å². The number of carbonyl (C=O) groups excluding carboxylic acids is 1. The number of likely N-dealkylation sites (tertiary alicyclic amines) is 1. The van der Waals surface area contributed by atoms with Crippen molar-refractivity contribution in [2.45, 2.75) is 25.5 Å². The molecule has 1 aromatic rings. The highest BCUT2D eigenvalue weighted by molar-refractivity contribution is 5.98. The van der Waals surface area contributed by atoms with Crippen LogP contribution in [0.4, 0.5) is 8.78 Å². The van der Waals surface area contributed by atoms with Gasteiger partial charge in [0.05, 0.1) is 12.7 Å². The molecule has 0 radical (unpaired) electrons. The number of halogens is 2. The molecule has 0 saturated carbocycles. The monoisotopic (exact) mass is 314 g/mol. The largest absolute Gasteiger partial charge is 0.493 e. The number of amides is 1. The number of nitrogens with one attached hydrogen (secondary N) is 1. The Morgan fingerprint density at radius 1 is 1.45 bits per heavy atom. The van der Waals surface area contributed by atoms with E-state index in [1.807, 2.05) is 7.05 Å². The number of nitrogens with zero attached hydrogens (tertiary/aromatic N) is 1. The summed E-state index contributed by atoms with van der Waals surface area (Å²) in [4.78, 5) is 14.5. The molecular weight excluding hydrogens is 294 g/mol. The Morgan fingerprint density at radius 3 is 2.86 bits per heavy atom. The Balaban J connectivity index is 2.17. The maximum absolute atomic E-state index is 12.6. The average Bonchev–Trinajstić information content (AvgIpc) is 2.46. The highest BCUT2D eigenvalue weighted by Crippen LogP contribution is 2.32. The molecule has 1 aliphatic heterocycles. The van der Waals surface area contributed by atoms with Crippen LogP contribution in [0.2, 0.25) is 0 Å². The molecule has 7 heteroatoms. The quantitative estimate of drug-likeness (QED) is 0.904. The zero-order valence-corrected chi connectivity index (χ0v) is 12.6. The first-order valence-corrected chi connectivity index (χ1v) is 7.12. The molecule has 0 bridgehead atoms. The van der Waals surface area contributed by atoms with Gasteiger partial charge in [0.2, 0.25) is 0 Å². The van der Waals surface area contributed by atoms with Gasteiger partial charge in [-0.3, -0.25) is 4.79 Å². The summed E-state index contributed by atoms with van der Waals surface area (Å²) in [6.45, 7) is -1.30. The summed E-state index contributed by atoms with van der Waals surface area (Å²) in [5.41, 5.74) is 0.0490. The van der Waals surface area contributed by atoms with Crippen LogP contribution < -0.4 is 14.8 Å². The second-order valence-electron chi connectivity index (χ2n) is 5.29. The summed E-state index contributed by atoms with van der Waals surface area (Å²) < 4.78 is 34.6. The molecule has 1 fully saturated rings. The zero-order chi connectivity index (χ0) is 16.1. The smallest absolute Gasteiger partial charge is 0.387 e. The maximum Gasteiger partial charge on any atom is 0.387 e. The van der Waals surface area contributed by atoms with Crippen LogP contribution in [0.3, 0.4) is 0 Å². The van der Waals surface area contributed by atoms with Crippen molar-refractivity contribution in [3.05, 3.63) is 23.8 Å². The lowest BCUT2D eigenvalue weighted by atomic mass is 10.1. The van der Waals surface area contributed by atoms with Gasteiger partial charge in [0.25, 0.3) is 5.91 Å². The fourth-order valence-electron chi connectivity index (χ4n) is 2.61. The lowest BCUT2D eigenvalue weighted by Gasteiger charge is -2.30. The Kier molecular flexibility index (Phi) is 5.54. The molecule has 0 spiro atoms. The third-order valence-corrected chi connectivity index (χ3v) is 3.61. The molecule has 1 heterocycles. The van der Waals surface area contributed by atoms with E-state index in [4.69, 9.17) is 4.74 Å². The fourth-order valence-corrected chi connectivity index (χ4v) is 2.61. The van der Waals surface area contributed by atoms with Crippen molar-refractivity contribution in [3.63, 3.8) is 0 Å². The first-order chi connectivity index (χ1) is 10.5. The van der Waals surface area contributed by atoms with E-state index in [1.54, 1.807) is 6.07 Å². The number of hydrogen-bond donors (Lipinski definition) is 1. The summed E-state index contributed by atoms with van der Waals surface area (Å²) in [7, 11) is 3.32. The van der Waals surface area contributed by atoms with E-state index in [0.29, 0.717) is 0 Å². The molecule has 1 aliphatic rings. The van der Waals surface area contributed by atoms with Crippen LogP contribution in [0, 0.1) is 0 Å². The highest BCUT2D eigenvalue weighted by Gasteiger charge is 2.24. The average molecular weight is 314 g/mol. The highest BCUT2D eigenvalue weighted by atomic mass is 19.3. The topological polar surface area (TPSA) is 50.8 Å². The van der Waals surface area contributed by atoms with Gasteiger partial charge in [0.1, 0.15) is 0 Å². The molecule has 0 aliphatic carbocycles. The van der Waals surface area contributed by atoms with E-state index >= 15 is 0 Å². The second kappa shape index (κ2) is 7.40. The predicted molar refractivity (Wildman–Crippen MR) is 77.6 cm³/mol. The maximum atomic E-state index is 12.6. The van der Waals surface area contributed by atoms with Gasteiger partial charge in [-0.25, -0.2) is 0 Å². The predicted octanol–water partition coefficient (Wildman–Crippen LogP) is 2.12. The fraction of sp³-hybridized carbons (Fsp3) is 0.533. The van der Waals surface area contributed by atoms with Crippen LogP contribution in [0.15, 0.2) is 18.2 Å². The molecule has 22 heavy (non-hydrogen) atoms. The number of methoxy groups -OCH3 is 1. The van der Waals surface area contributed by atoms with Gasteiger partial charge in [0.15, 0.2) is 11.5 Å². The molecule has 1 aromatic carbocycles. The van der Waals surface area contributed by atoms with Gasteiger partial charge in [-0.2, -0.15) is 8.78 Å². The van der Waals surface area contributed by atoms with Crippen molar-refractivity contribution >= 4 is 5.91 Å². The van der Waals surface area contributed by atoms with Crippen LogP contribution in [0.1, 0.15) is 23.2 Å². The number of alkyl halides is 2. The number of hydrogen-bond acceptors (Lipinski definition) is 4. The number of para-hydroxylation sites is 1. The number of likely N-dealkylation sites (N-methyl/N-ethyl adjacent to an activating group) is 1. The van der Waals surface area contributed by atoms with Gasteiger partial charge in [0, 0.05) is 12.6 Å². The number of carbonyl (C=O) groups is 1. The molecule has 122 valence electrons. The first-order valence-electron chi connectivity index (χ1n) is 7.12. The van der Waals surface area contributed by atoms with Gasteiger partial charge in [-0.05, 0) is 38.6 Å². The second-order valence-corrected chi connectivity index (χ2v) is 5.29. The molecule has 1 saturated heterocycles. The van der Waals surface area contributed by atoms with E-state index in [0.717, 1.165) is 25.9 Å². The van der Waals surface area contributed by atoms with Crippen LogP contribution in [-0.2, 0) is 0 Å². The third kappa shape index (κ3) is 4.07. The Morgan fingerprint density at radius 2 is 2.23 bits per heavy atom. The van der Waals surface area contributed by atoms with Crippen molar-refractivity contribution in [3.8, 4) is 11.5 Å². The van der Waals surface area contributed by atoms with Crippen molar-refractivity contribution in [2.24, 2.45) is 0 Å².